The van der Waals surface area contributed by atoms with Gasteiger partial charge in [-0.3, -0.25) is 9.59 Å². The van der Waals surface area contributed by atoms with Gasteiger partial charge in [0.05, 0.1) is 16.7 Å². The van der Waals surface area contributed by atoms with Crippen LogP contribution in [0.4, 0.5) is 0 Å². The van der Waals surface area contributed by atoms with E-state index in [0.717, 1.165) is 31.5 Å². The van der Waals surface area contributed by atoms with Crippen LogP contribution in [0.25, 0.3) is 0 Å². The third kappa shape index (κ3) is 5.07. The summed E-state index contributed by atoms with van der Waals surface area (Å²) in [6.45, 7) is 4.22. The van der Waals surface area contributed by atoms with Gasteiger partial charge in [0.1, 0.15) is 0 Å². The second-order valence-corrected chi connectivity index (χ2v) is 9.27. The van der Waals surface area contributed by atoms with Crippen molar-refractivity contribution < 1.29 is 18.0 Å². The number of nitrogens with two attached hydrogens (primary N) is 1. The zero-order chi connectivity index (χ0) is 19.6. The maximum Gasteiger partial charge on any atom is 0.238 e. The van der Waals surface area contributed by atoms with Crippen molar-refractivity contribution in [3.8, 4) is 0 Å². The number of likely N-dealkylation sites (tertiary alicyclic amines) is 1. The molecule has 2 amide bonds. The highest BCUT2D eigenvalue weighted by Crippen LogP contribution is 2.40. The van der Waals surface area contributed by atoms with Gasteiger partial charge in [-0.1, -0.05) is 19.1 Å². The summed E-state index contributed by atoms with van der Waals surface area (Å²) in [4.78, 5) is 26.8. The maximum atomic E-state index is 12.5. The van der Waals surface area contributed by atoms with Crippen molar-refractivity contribution in [3.05, 3.63) is 29.8 Å². The molecule has 1 aromatic carbocycles. The summed E-state index contributed by atoms with van der Waals surface area (Å²) in [5, 5.41) is 7.95. The van der Waals surface area contributed by atoms with E-state index in [4.69, 9.17) is 5.14 Å². The summed E-state index contributed by atoms with van der Waals surface area (Å²) in [6.07, 6.45) is 3.43. The van der Waals surface area contributed by atoms with Gasteiger partial charge in [0, 0.05) is 19.6 Å². The van der Waals surface area contributed by atoms with Crippen LogP contribution in [0.3, 0.4) is 0 Å². The Morgan fingerprint density at radius 1 is 1.22 bits per heavy atom. The quantitative estimate of drug-likeness (QED) is 0.748. The van der Waals surface area contributed by atoms with Crippen molar-refractivity contribution in [1.82, 2.24) is 10.2 Å². The topological polar surface area (TPSA) is 110 Å². The van der Waals surface area contributed by atoms with E-state index in [1.165, 1.54) is 12.1 Å². The van der Waals surface area contributed by atoms with Gasteiger partial charge in [-0.05, 0) is 49.3 Å². The first-order chi connectivity index (χ1) is 12.8. The van der Waals surface area contributed by atoms with Crippen molar-refractivity contribution in [2.75, 3.05) is 19.6 Å². The molecule has 7 nitrogen and oxygen atoms in total. The number of benzene rings is 1. The van der Waals surface area contributed by atoms with E-state index in [0.29, 0.717) is 25.3 Å². The lowest BCUT2D eigenvalue weighted by Gasteiger charge is -2.31. The zero-order valence-electron chi connectivity index (χ0n) is 15.6. The summed E-state index contributed by atoms with van der Waals surface area (Å²) < 4.78 is 22.5. The molecule has 148 valence electrons. The van der Waals surface area contributed by atoms with Gasteiger partial charge in [-0.15, -0.1) is 0 Å². The summed E-state index contributed by atoms with van der Waals surface area (Å²) in [7, 11) is -3.69. The number of nitrogens with zero attached hydrogens (tertiary/aromatic N) is 1. The fraction of sp³-hybridized carbons (Fsp3) is 0.579. The molecule has 1 aliphatic heterocycles. The normalized spacial score (nSPS) is 25.1. The van der Waals surface area contributed by atoms with Crippen LogP contribution in [0.1, 0.15) is 31.7 Å². The van der Waals surface area contributed by atoms with Gasteiger partial charge in [-0.25, -0.2) is 13.6 Å². The van der Waals surface area contributed by atoms with Crippen LogP contribution in [-0.2, 0) is 26.0 Å². The molecule has 3 unspecified atom stereocenters. The molecule has 1 saturated heterocycles. The summed E-state index contributed by atoms with van der Waals surface area (Å²) in [6, 6.07) is 6.29. The first-order valence-electron chi connectivity index (χ1n) is 9.44. The van der Waals surface area contributed by atoms with Gasteiger partial charge in [-0.2, -0.15) is 0 Å². The van der Waals surface area contributed by atoms with Crippen molar-refractivity contribution in [1.29, 1.82) is 0 Å². The van der Waals surface area contributed by atoms with Gasteiger partial charge in [0.25, 0.3) is 0 Å². The number of sulfonamides is 1. The van der Waals surface area contributed by atoms with Crippen LogP contribution in [0.15, 0.2) is 29.2 Å². The summed E-state index contributed by atoms with van der Waals surface area (Å²) in [5.41, 5.74) is 0.911. The van der Waals surface area contributed by atoms with E-state index in [-0.39, 0.29) is 28.5 Å². The van der Waals surface area contributed by atoms with Crippen molar-refractivity contribution in [2.24, 2.45) is 22.9 Å². The number of amides is 2. The minimum atomic E-state index is -3.69. The molecule has 2 fully saturated rings. The molecular formula is C19H27N3O4S. The fourth-order valence-electron chi connectivity index (χ4n) is 3.69. The molecule has 0 bridgehead atoms. The van der Waals surface area contributed by atoms with Gasteiger partial charge >= 0.3 is 0 Å². The van der Waals surface area contributed by atoms with E-state index < -0.39 is 10.0 Å². The standard InChI is InChI=1S/C19H27N3O4S/c1-13-3-2-10-22(12-13)19(24)17-11-16(17)18(23)21-9-8-14-4-6-15(7-5-14)27(20,25)26/h4-7,13,16-17H,2-3,8-12H2,1H3,(H,21,23)(H2,20,25,26). The van der Waals surface area contributed by atoms with Crippen LogP contribution in [0, 0.1) is 17.8 Å². The first kappa shape index (κ1) is 19.8. The number of carbonyl (C=O) groups is 2. The Kier molecular flexibility index (Phi) is 5.86. The second kappa shape index (κ2) is 7.98. The average Bonchev–Trinajstić information content (AvgIpc) is 3.41. The molecule has 1 heterocycles. The fourth-order valence-corrected chi connectivity index (χ4v) is 4.20. The minimum absolute atomic E-state index is 0.0698. The smallest absolute Gasteiger partial charge is 0.238 e. The highest BCUT2D eigenvalue weighted by molar-refractivity contribution is 7.89. The van der Waals surface area contributed by atoms with E-state index in [2.05, 4.69) is 12.2 Å². The second-order valence-electron chi connectivity index (χ2n) is 7.71. The van der Waals surface area contributed by atoms with Crippen LogP contribution < -0.4 is 10.5 Å². The number of piperidine rings is 1. The highest BCUT2D eigenvalue weighted by atomic mass is 32.2. The number of hydrogen-bond acceptors (Lipinski definition) is 4. The van der Waals surface area contributed by atoms with E-state index in [1.807, 2.05) is 4.90 Å². The third-order valence-electron chi connectivity index (χ3n) is 5.38. The summed E-state index contributed by atoms with van der Waals surface area (Å²) in [5.74, 6) is 0.220. The predicted molar refractivity (Wildman–Crippen MR) is 101 cm³/mol. The molecule has 2 aliphatic rings. The Morgan fingerprint density at radius 3 is 2.56 bits per heavy atom. The molecule has 3 N–H and O–H groups in total. The van der Waals surface area contributed by atoms with Crippen molar-refractivity contribution in [2.45, 2.75) is 37.5 Å². The third-order valence-corrected chi connectivity index (χ3v) is 6.31. The van der Waals surface area contributed by atoms with Crippen LogP contribution in [0.2, 0.25) is 0 Å². The lowest BCUT2D eigenvalue weighted by atomic mass is 10.00. The molecule has 0 aromatic heterocycles. The maximum absolute atomic E-state index is 12.5. The minimum Gasteiger partial charge on any atom is -0.356 e. The highest BCUT2D eigenvalue weighted by Gasteiger charge is 2.49. The molecule has 0 radical (unpaired) electrons. The molecule has 3 rings (SSSR count). The molecule has 27 heavy (non-hydrogen) atoms. The van der Waals surface area contributed by atoms with Gasteiger partial charge in [0.15, 0.2) is 0 Å². The molecule has 1 aromatic rings. The van der Waals surface area contributed by atoms with Crippen LogP contribution in [0.5, 0.6) is 0 Å². The van der Waals surface area contributed by atoms with E-state index >= 15 is 0 Å². The SMILES string of the molecule is CC1CCCN(C(=O)C2CC2C(=O)NCCc2ccc(S(N)(=O)=O)cc2)C1. The Balaban J connectivity index is 1.42. The monoisotopic (exact) mass is 393 g/mol. The Hall–Kier alpha value is -1.93. The molecule has 1 saturated carbocycles. The largest absolute Gasteiger partial charge is 0.356 e. The van der Waals surface area contributed by atoms with Gasteiger partial charge in [0.2, 0.25) is 21.8 Å². The zero-order valence-corrected chi connectivity index (χ0v) is 16.4. The van der Waals surface area contributed by atoms with Crippen molar-refractivity contribution in [3.63, 3.8) is 0 Å². The lowest BCUT2D eigenvalue weighted by Crippen LogP contribution is -2.41. The number of hydrogen-bond donors (Lipinski definition) is 2. The number of carbonyl (C=O) groups excluding carboxylic acids is 2. The van der Waals surface area contributed by atoms with E-state index in [1.54, 1.807) is 12.1 Å². The number of nitrogens with one attached hydrogen (secondary N) is 1. The van der Waals surface area contributed by atoms with Gasteiger partial charge < -0.3 is 10.2 Å². The molecule has 0 spiro atoms. The van der Waals surface area contributed by atoms with E-state index in [9.17, 15) is 18.0 Å². The van der Waals surface area contributed by atoms with Crippen molar-refractivity contribution >= 4 is 21.8 Å². The summed E-state index contributed by atoms with van der Waals surface area (Å²) >= 11 is 0. The lowest BCUT2D eigenvalue weighted by molar-refractivity contribution is -0.136. The molecule has 3 atom stereocenters. The first-order valence-corrected chi connectivity index (χ1v) is 11.0. The molecule has 1 aliphatic carbocycles. The van der Waals surface area contributed by atoms with Crippen LogP contribution >= 0.6 is 0 Å². The number of rotatable bonds is 6. The Bertz CT molecular complexity index is 807. The average molecular weight is 394 g/mol. The Labute approximate surface area is 160 Å². The van der Waals surface area contributed by atoms with Crippen LogP contribution in [-0.4, -0.2) is 44.8 Å². The number of primary sulfonamides is 1. The Morgan fingerprint density at radius 2 is 1.93 bits per heavy atom. The molecule has 8 heteroatoms. The predicted octanol–water partition coefficient (Wildman–Crippen LogP) is 0.887. The molecular weight excluding hydrogens is 366 g/mol.